The number of para-hydroxylation sites is 1. The molecule has 0 amide bonds. The summed E-state index contributed by atoms with van der Waals surface area (Å²) in [5, 5.41) is 0. The van der Waals surface area contributed by atoms with Gasteiger partial charge in [0.05, 0.1) is 5.75 Å². The van der Waals surface area contributed by atoms with Crippen LogP contribution in [-0.2, 0) is 14.8 Å². The van der Waals surface area contributed by atoms with Crippen LogP contribution in [0.4, 0.5) is 5.69 Å². The molecular formula is C14H22N2O3S2. The molecule has 0 unspecified atom stereocenters. The lowest BCUT2D eigenvalue weighted by Gasteiger charge is -2.30. The Morgan fingerprint density at radius 2 is 2.00 bits per heavy atom. The molecule has 2 N–H and O–H groups in total. The van der Waals surface area contributed by atoms with Crippen LogP contribution in [0.5, 0.6) is 0 Å². The van der Waals surface area contributed by atoms with Gasteiger partial charge in [0.15, 0.2) is 0 Å². The summed E-state index contributed by atoms with van der Waals surface area (Å²) in [6.07, 6.45) is 1.54. The van der Waals surface area contributed by atoms with E-state index in [1.807, 2.05) is 24.3 Å². The summed E-state index contributed by atoms with van der Waals surface area (Å²) in [7, 11) is -1.55. The van der Waals surface area contributed by atoms with E-state index in [9.17, 15) is 8.42 Å². The number of hydrogen-bond acceptors (Lipinski definition) is 5. The second-order valence-electron chi connectivity index (χ2n) is 5.06. The van der Waals surface area contributed by atoms with Crippen molar-refractivity contribution < 1.29 is 13.2 Å². The summed E-state index contributed by atoms with van der Waals surface area (Å²) in [4.78, 5) is 0.932. The molecule has 5 nitrogen and oxygen atoms in total. The Morgan fingerprint density at radius 1 is 1.33 bits per heavy atom. The Morgan fingerprint density at radius 3 is 2.67 bits per heavy atom. The average Bonchev–Trinajstić information content (AvgIpc) is 2.49. The number of thioether (sulfide) groups is 1. The van der Waals surface area contributed by atoms with Gasteiger partial charge >= 0.3 is 0 Å². The molecule has 0 radical (unpaired) electrons. The van der Waals surface area contributed by atoms with Crippen LogP contribution in [0.3, 0.4) is 0 Å². The predicted octanol–water partition coefficient (Wildman–Crippen LogP) is 1.80. The van der Waals surface area contributed by atoms with Gasteiger partial charge in [-0.1, -0.05) is 12.1 Å². The maximum atomic E-state index is 12.3. The quantitative estimate of drug-likeness (QED) is 0.636. The topological polar surface area (TPSA) is 72.6 Å². The Balaban J connectivity index is 1.87. The Hall–Kier alpha value is -0.760. The van der Waals surface area contributed by atoms with Crippen LogP contribution in [-0.4, -0.2) is 50.5 Å². The second-order valence-corrected chi connectivity index (χ2v) is 8.35. The predicted molar refractivity (Wildman–Crippen MR) is 87.0 cm³/mol. The molecular weight excluding hydrogens is 308 g/mol. The Bertz CT molecular complexity index is 557. The van der Waals surface area contributed by atoms with Gasteiger partial charge in [0.1, 0.15) is 0 Å². The Labute approximate surface area is 130 Å². The number of hydrogen-bond donors (Lipinski definition) is 1. The second kappa shape index (κ2) is 7.49. The normalized spacial score (nSPS) is 17.2. The van der Waals surface area contributed by atoms with E-state index in [0.717, 1.165) is 17.7 Å². The SMILES string of the molecule is CN(C1CCOCC1)S(=O)(=O)CCSc1ccccc1N. The fourth-order valence-electron chi connectivity index (χ4n) is 2.29. The van der Waals surface area contributed by atoms with E-state index in [1.54, 1.807) is 7.05 Å². The van der Waals surface area contributed by atoms with Crippen LogP contribution in [0, 0.1) is 0 Å². The van der Waals surface area contributed by atoms with E-state index >= 15 is 0 Å². The van der Waals surface area contributed by atoms with Gasteiger partial charge in [-0.2, -0.15) is 0 Å². The summed E-state index contributed by atoms with van der Waals surface area (Å²) in [5.41, 5.74) is 6.54. The highest BCUT2D eigenvalue weighted by Gasteiger charge is 2.27. The number of nitrogens with zero attached hydrogens (tertiary/aromatic N) is 1. The van der Waals surface area contributed by atoms with Crippen LogP contribution in [0.25, 0.3) is 0 Å². The number of sulfonamides is 1. The van der Waals surface area contributed by atoms with Gasteiger partial charge in [-0.05, 0) is 25.0 Å². The monoisotopic (exact) mass is 330 g/mol. The molecule has 1 aromatic carbocycles. The highest BCUT2D eigenvalue weighted by molar-refractivity contribution is 8.00. The van der Waals surface area contributed by atoms with Gasteiger partial charge in [0, 0.05) is 42.6 Å². The van der Waals surface area contributed by atoms with E-state index in [4.69, 9.17) is 10.5 Å². The largest absolute Gasteiger partial charge is 0.398 e. The molecule has 1 aromatic rings. The van der Waals surface area contributed by atoms with Crippen LogP contribution < -0.4 is 5.73 Å². The molecule has 7 heteroatoms. The number of anilines is 1. The Kier molecular flexibility index (Phi) is 5.92. The lowest BCUT2D eigenvalue weighted by Crippen LogP contribution is -2.42. The molecule has 21 heavy (non-hydrogen) atoms. The minimum absolute atomic E-state index is 0.0653. The molecule has 0 atom stereocenters. The van der Waals surface area contributed by atoms with Gasteiger partial charge in [0.2, 0.25) is 10.0 Å². The smallest absolute Gasteiger partial charge is 0.214 e. The molecule has 1 fully saturated rings. The van der Waals surface area contributed by atoms with Crippen molar-refractivity contribution in [3.63, 3.8) is 0 Å². The molecule has 0 spiro atoms. The fraction of sp³-hybridized carbons (Fsp3) is 0.571. The molecule has 0 aromatic heterocycles. The average molecular weight is 330 g/mol. The maximum absolute atomic E-state index is 12.3. The van der Waals surface area contributed by atoms with E-state index in [2.05, 4.69) is 0 Å². The maximum Gasteiger partial charge on any atom is 0.214 e. The fourth-order valence-corrected chi connectivity index (χ4v) is 5.05. The van der Waals surface area contributed by atoms with Gasteiger partial charge in [-0.15, -0.1) is 11.8 Å². The molecule has 118 valence electrons. The van der Waals surface area contributed by atoms with Gasteiger partial charge in [0.25, 0.3) is 0 Å². The molecule has 0 saturated carbocycles. The van der Waals surface area contributed by atoms with Crippen molar-refractivity contribution in [2.75, 3.05) is 37.5 Å². The van der Waals surface area contributed by atoms with Crippen molar-refractivity contribution in [2.24, 2.45) is 0 Å². The highest BCUT2D eigenvalue weighted by atomic mass is 32.2. The number of benzene rings is 1. The van der Waals surface area contributed by atoms with Crippen LogP contribution in [0.2, 0.25) is 0 Å². The van der Waals surface area contributed by atoms with Crippen LogP contribution in [0.15, 0.2) is 29.2 Å². The zero-order valence-corrected chi connectivity index (χ0v) is 13.8. The molecule has 1 aliphatic heterocycles. The van der Waals surface area contributed by atoms with E-state index in [-0.39, 0.29) is 11.8 Å². The van der Waals surface area contributed by atoms with Gasteiger partial charge < -0.3 is 10.5 Å². The highest BCUT2D eigenvalue weighted by Crippen LogP contribution is 2.25. The lowest BCUT2D eigenvalue weighted by atomic mass is 10.1. The van der Waals surface area contributed by atoms with E-state index < -0.39 is 10.0 Å². The van der Waals surface area contributed by atoms with Crippen molar-refractivity contribution in [1.82, 2.24) is 4.31 Å². The van der Waals surface area contributed by atoms with E-state index in [0.29, 0.717) is 24.7 Å². The minimum Gasteiger partial charge on any atom is -0.398 e. The summed E-state index contributed by atoms with van der Waals surface area (Å²) >= 11 is 1.48. The third-order valence-corrected chi connectivity index (χ3v) is 6.91. The molecule has 1 heterocycles. The van der Waals surface area contributed by atoms with Crippen molar-refractivity contribution in [3.05, 3.63) is 24.3 Å². The summed E-state index contributed by atoms with van der Waals surface area (Å²) in [6, 6.07) is 7.58. The first-order valence-electron chi connectivity index (χ1n) is 7.01. The van der Waals surface area contributed by atoms with Gasteiger partial charge in [-0.3, -0.25) is 0 Å². The van der Waals surface area contributed by atoms with E-state index in [1.165, 1.54) is 16.1 Å². The lowest BCUT2D eigenvalue weighted by molar-refractivity contribution is 0.0632. The summed E-state index contributed by atoms with van der Waals surface area (Å²) in [6.45, 7) is 1.28. The molecule has 0 aliphatic carbocycles. The zero-order valence-electron chi connectivity index (χ0n) is 12.2. The van der Waals surface area contributed by atoms with Crippen molar-refractivity contribution in [3.8, 4) is 0 Å². The molecule has 1 aliphatic rings. The van der Waals surface area contributed by atoms with Crippen LogP contribution >= 0.6 is 11.8 Å². The summed E-state index contributed by atoms with van der Waals surface area (Å²) in [5.74, 6) is 0.629. The number of nitrogen functional groups attached to an aromatic ring is 1. The van der Waals surface area contributed by atoms with Gasteiger partial charge in [-0.25, -0.2) is 12.7 Å². The van der Waals surface area contributed by atoms with Crippen molar-refractivity contribution in [2.45, 2.75) is 23.8 Å². The van der Waals surface area contributed by atoms with Crippen molar-refractivity contribution >= 4 is 27.5 Å². The number of nitrogens with two attached hydrogens (primary N) is 1. The number of rotatable bonds is 6. The number of ether oxygens (including phenoxy) is 1. The zero-order chi connectivity index (χ0) is 15.3. The molecule has 1 saturated heterocycles. The third kappa shape index (κ3) is 4.60. The first-order valence-corrected chi connectivity index (χ1v) is 9.61. The third-order valence-electron chi connectivity index (χ3n) is 3.66. The standard InChI is InChI=1S/C14H22N2O3S2/c1-16(12-6-8-19-9-7-12)21(17,18)11-10-20-14-5-3-2-4-13(14)15/h2-5,12H,6-11,15H2,1H3. The first kappa shape index (κ1) is 16.6. The molecule has 0 bridgehead atoms. The van der Waals surface area contributed by atoms with Crippen molar-refractivity contribution in [1.29, 1.82) is 0 Å². The molecule has 2 rings (SSSR count). The first-order chi connectivity index (χ1) is 10.0. The van der Waals surface area contributed by atoms with Crippen LogP contribution in [0.1, 0.15) is 12.8 Å². The minimum atomic E-state index is -3.23. The summed E-state index contributed by atoms with van der Waals surface area (Å²) < 4.78 is 31.5.